The van der Waals surface area contributed by atoms with Crippen LogP contribution in [0.2, 0.25) is 0 Å². The van der Waals surface area contributed by atoms with Crippen molar-refractivity contribution >= 4 is 23.0 Å². The Morgan fingerprint density at radius 3 is 2.33 bits per heavy atom. The fourth-order valence-electron chi connectivity index (χ4n) is 1.48. The molecular weight excluding hydrogens is 236 g/mol. The molecule has 0 unspecified atom stereocenters. The van der Waals surface area contributed by atoms with E-state index in [2.05, 4.69) is 9.97 Å². The molecule has 0 aliphatic carbocycles. The molecule has 0 radical (unpaired) electrons. The summed E-state index contributed by atoms with van der Waals surface area (Å²) in [6.07, 6.45) is 2.98. The SMILES string of the molecule is CC(=O)Oc1cc(OC(C)=O)c2nccnc2c1. The lowest BCUT2D eigenvalue weighted by Crippen LogP contribution is -2.05. The average molecular weight is 246 g/mol. The van der Waals surface area contributed by atoms with Gasteiger partial charge < -0.3 is 9.47 Å². The Kier molecular flexibility index (Phi) is 3.18. The lowest BCUT2D eigenvalue weighted by Gasteiger charge is -2.07. The molecule has 1 aromatic carbocycles. The van der Waals surface area contributed by atoms with Gasteiger partial charge in [-0.25, -0.2) is 4.98 Å². The van der Waals surface area contributed by atoms with Gasteiger partial charge in [0.2, 0.25) is 0 Å². The summed E-state index contributed by atoms with van der Waals surface area (Å²) < 4.78 is 9.96. The largest absolute Gasteiger partial charge is 0.427 e. The lowest BCUT2D eigenvalue weighted by atomic mass is 10.2. The van der Waals surface area contributed by atoms with Crippen LogP contribution in [0, 0.1) is 0 Å². The van der Waals surface area contributed by atoms with Gasteiger partial charge in [0.05, 0.1) is 5.52 Å². The summed E-state index contributed by atoms with van der Waals surface area (Å²) in [4.78, 5) is 30.1. The van der Waals surface area contributed by atoms with Crippen LogP contribution < -0.4 is 9.47 Å². The van der Waals surface area contributed by atoms with Crippen molar-refractivity contribution in [2.24, 2.45) is 0 Å². The highest BCUT2D eigenvalue weighted by atomic mass is 16.5. The second-order valence-corrected chi connectivity index (χ2v) is 3.53. The first-order valence-corrected chi connectivity index (χ1v) is 5.18. The quantitative estimate of drug-likeness (QED) is 0.590. The van der Waals surface area contributed by atoms with Crippen molar-refractivity contribution in [3.63, 3.8) is 0 Å². The third-order valence-corrected chi connectivity index (χ3v) is 2.03. The summed E-state index contributed by atoms with van der Waals surface area (Å²) in [5.41, 5.74) is 0.913. The summed E-state index contributed by atoms with van der Waals surface area (Å²) in [5, 5.41) is 0. The van der Waals surface area contributed by atoms with Gasteiger partial charge in [0.1, 0.15) is 11.3 Å². The highest BCUT2D eigenvalue weighted by molar-refractivity contribution is 5.86. The predicted octanol–water partition coefficient (Wildman–Crippen LogP) is 1.48. The highest BCUT2D eigenvalue weighted by Gasteiger charge is 2.11. The molecule has 0 atom stereocenters. The molecule has 0 aliphatic rings. The van der Waals surface area contributed by atoms with Crippen molar-refractivity contribution < 1.29 is 19.1 Å². The molecule has 18 heavy (non-hydrogen) atoms. The minimum absolute atomic E-state index is 0.212. The average Bonchev–Trinajstić information content (AvgIpc) is 2.27. The molecule has 6 nitrogen and oxygen atoms in total. The molecule has 0 saturated heterocycles. The Hall–Kier alpha value is -2.50. The van der Waals surface area contributed by atoms with Crippen LogP contribution in [0.5, 0.6) is 11.5 Å². The molecule has 2 aromatic rings. The number of hydrogen-bond acceptors (Lipinski definition) is 6. The number of carbonyl (C=O) groups excluding carboxylic acids is 2. The van der Waals surface area contributed by atoms with E-state index in [9.17, 15) is 9.59 Å². The summed E-state index contributed by atoms with van der Waals surface area (Å²) in [7, 11) is 0. The zero-order valence-electron chi connectivity index (χ0n) is 9.84. The number of rotatable bonds is 2. The number of esters is 2. The summed E-state index contributed by atoms with van der Waals surface area (Å²) >= 11 is 0. The Morgan fingerprint density at radius 2 is 1.67 bits per heavy atom. The van der Waals surface area contributed by atoms with Crippen LogP contribution in [0.1, 0.15) is 13.8 Å². The van der Waals surface area contributed by atoms with Gasteiger partial charge in [0.15, 0.2) is 5.75 Å². The second-order valence-electron chi connectivity index (χ2n) is 3.53. The fraction of sp³-hybridized carbons (Fsp3) is 0.167. The lowest BCUT2D eigenvalue weighted by molar-refractivity contribution is -0.132. The van der Waals surface area contributed by atoms with Gasteiger partial charge in [-0.1, -0.05) is 0 Å². The standard InChI is InChI=1S/C12H10N2O4/c1-7(15)17-9-5-10-12(14-4-3-13-10)11(6-9)18-8(2)16/h3-6H,1-2H3. The minimum Gasteiger partial charge on any atom is -0.427 e. The van der Waals surface area contributed by atoms with Crippen LogP contribution in [0.15, 0.2) is 24.5 Å². The van der Waals surface area contributed by atoms with Crippen LogP contribution >= 0.6 is 0 Å². The first-order valence-electron chi connectivity index (χ1n) is 5.18. The Balaban J connectivity index is 2.56. The number of aromatic nitrogens is 2. The number of fused-ring (bicyclic) bond motifs is 1. The van der Waals surface area contributed by atoms with Crippen LogP contribution in [-0.4, -0.2) is 21.9 Å². The van der Waals surface area contributed by atoms with Gasteiger partial charge in [-0.05, 0) is 0 Å². The van der Waals surface area contributed by atoms with E-state index in [0.717, 1.165) is 0 Å². The van der Waals surface area contributed by atoms with Crippen LogP contribution in [0.25, 0.3) is 11.0 Å². The molecule has 92 valence electrons. The van der Waals surface area contributed by atoms with Crippen LogP contribution in [-0.2, 0) is 9.59 Å². The summed E-state index contributed by atoms with van der Waals surface area (Å²) in [6, 6.07) is 2.98. The molecule has 0 amide bonds. The van der Waals surface area contributed by atoms with Gasteiger partial charge in [-0.3, -0.25) is 14.6 Å². The molecule has 0 N–H and O–H groups in total. The molecule has 0 saturated carbocycles. The van der Waals surface area contributed by atoms with Gasteiger partial charge in [0, 0.05) is 38.4 Å². The molecule has 0 bridgehead atoms. The van der Waals surface area contributed by atoms with E-state index in [1.807, 2.05) is 0 Å². The molecule has 0 fully saturated rings. The number of carbonyl (C=O) groups is 2. The van der Waals surface area contributed by atoms with E-state index in [1.165, 1.54) is 32.3 Å². The molecule has 1 heterocycles. The van der Waals surface area contributed by atoms with E-state index >= 15 is 0 Å². The van der Waals surface area contributed by atoms with Crippen LogP contribution in [0.4, 0.5) is 0 Å². The monoisotopic (exact) mass is 246 g/mol. The third-order valence-electron chi connectivity index (χ3n) is 2.03. The van der Waals surface area contributed by atoms with Gasteiger partial charge in [0.25, 0.3) is 0 Å². The number of hydrogen-bond donors (Lipinski definition) is 0. The minimum atomic E-state index is -0.484. The number of benzene rings is 1. The zero-order chi connectivity index (χ0) is 13.1. The third kappa shape index (κ3) is 2.60. The van der Waals surface area contributed by atoms with E-state index in [0.29, 0.717) is 11.0 Å². The van der Waals surface area contributed by atoms with Crippen molar-refractivity contribution in [3.05, 3.63) is 24.5 Å². The molecule has 2 rings (SSSR count). The second kappa shape index (κ2) is 4.79. The van der Waals surface area contributed by atoms with E-state index in [4.69, 9.17) is 9.47 Å². The molecule has 6 heteroatoms. The van der Waals surface area contributed by atoms with E-state index < -0.39 is 11.9 Å². The number of nitrogens with zero attached hydrogens (tertiary/aromatic N) is 2. The number of ether oxygens (including phenoxy) is 2. The molecule has 0 aliphatic heterocycles. The zero-order valence-corrected chi connectivity index (χ0v) is 9.84. The van der Waals surface area contributed by atoms with E-state index in [-0.39, 0.29) is 11.5 Å². The first-order chi connectivity index (χ1) is 8.56. The maximum Gasteiger partial charge on any atom is 0.308 e. The Labute approximate surface area is 103 Å². The molecule has 1 aromatic heterocycles. The van der Waals surface area contributed by atoms with E-state index in [1.54, 1.807) is 6.07 Å². The Morgan fingerprint density at radius 1 is 1.00 bits per heavy atom. The topological polar surface area (TPSA) is 78.4 Å². The summed E-state index contributed by atoms with van der Waals surface area (Å²) in [6.45, 7) is 2.56. The van der Waals surface area contributed by atoms with Gasteiger partial charge >= 0.3 is 11.9 Å². The van der Waals surface area contributed by atoms with Crippen molar-refractivity contribution in [2.75, 3.05) is 0 Å². The van der Waals surface area contributed by atoms with Crippen molar-refractivity contribution in [2.45, 2.75) is 13.8 Å². The van der Waals surface area contributed by atoms with Crippen molar-refractivity contribution in [3.8, 4) is 11.5 Å². The normalized spacial score (nSPS) is 10.1. The molecular formula is C12H10N2O4. The smallest absolute Gasteiger partial charge is 0.308 e. The van der Waals surface area contributed by atoms with Crippen molar-refractivity contribution in [1.82, 2.24) is 9.97 Å². The van der Waals surface area contributed by atoms with Crippen molar-refractivity contribution in [1.29, 1.82) is 0 Å². The summed E-state index contributed by atoms with van der Waals surface area (Å²) in [5.74, 6) is -0.481. The predicted molar refractivity (Wildman–Crippen MR) is 62.2 cm³/mol. The Bertz CT molecular complexity index is 625. The highest BCUT2D eigenvalue weighted by Crippen LogP contribution is 2.28. The van der Waals surface area contributed by atoms with Gasteiger partial charge in [-0.2, -0.15) is 0 Å². The maximum absolute atomic E-state index is 11.0. The fourth-order valence-corrected chi connectivity index (χ4v) is 1.48. The van der Waals surface area contributed by atoms with Gasteiger partial charge in [-0.15, -0.1) is 0 Å². The van der Waals surface area contributed by atoms with Crippen LogP contribution in [0.3, 0.4) is 0 Å². The first kappa shape index (κ1) is 12.0. The molecule has 0 spiro atoms. The maximum atomic E-state index is 11.0.